The van der Waals surface area contributed by atoms with Crippen LogP contribution in [0.5, 0.6) is 0 Å². The van der Waals surface area contributed by atoms with Crippen LogP contribution in [0.15, 0.2) is 33.3 Å². The molecule has 1 aromatic carbocycles. The van der Waals surface area contributed by atoms with Crippen molar-refractivity contribution in [3.05, 3.63) is 40.5 Å². The molecule has 7 nitrogen and oxygen atoms in total. The molecule has 3 aromatic rings. The fourth-order valence-corrected chi connectivity index (χ4v) is 1.98. The first-order chi connectivity index (χ1) is 10.1. The number of benzene rings is 1. The fourth-order valence-electron chi connectivity index (χ4n) is 1.71. The number of nitrogens with zero attached hydrogens (tertiary/aromatic N) is 6. The molecule has 0 bridgehead atoms. The van der Waals surface area contributed by atoms with E-state index in [4.69, 9.17) is 4.52 Å². The summed E-state index contributed by atoms with van der Waals surface area (Å²) in [6.45, 7) is 4.32. The van der Waals surface area contributed by atoms with Gasteiger partial charge in [-0.25, -0.2) is 0 Å². The van der Waals surface area contributed by atoms with Crippen LogP contribution in [0, 0.1) is 0 Å². The topological polar surface area (TPSA) is 82.5 Å². The molecule has 2 heterocycles. The molecular weight excluding hydrogens is 336 g/mol. The van der Waals surface area contributed by atoms with Crippen molar-refractivity contribution in [3.63, 3.8) is 0 Å². The molecule has 0 amide bonds. The third-order valence-electron chi connectivity index (χ3n) is 2.83. The average Bonchev–Trinajstić information content (AvgIpc) is 3.10. The highest BCUT2D eigenvalue weighted by molar-refractivity contribution is 9.10. The lowest BCUT2D eigenvalue weighted by Crippen LogP contribution is -2.04. The van der Waals surface area contributed by atoms with Crippen LogP contribution in [0.4, 0.5) is 0 Å². The van der Waals surface area contributed by atoms with Gasteiger partial charge >= 0.3 is 0 Å². The molecule has 0 radical (unpaired) electrons. The Kier molecular flexibility index (Phi) is 3.78. The van der Waals surface area contributed by atoms with Crippen LogP contribution >= 0.6 is 15.9 Å². The Morgan fingerprint density at radius 2 is 2.00 bits per heavy atom. The van der Waals surface area contributed by atoms with E-state index >= 15 is 0 Å². The van der Waals surface area contributed by atoms with Gasteiger partial charge in [0, 0.05) is 16.0 Å². The molecule has 0 spiro atoms. The largest absolute Gasteiger partial charge is 0.337 e. The predicted molar refractivity (Wildman–Crippen MR) is 78.4 cm³/mol. The second kappa shape index (κ2) is 5.72. The second-order valence-electron chi connectivity index (χ2n) is 4.85. The zero-order valence-corrected chi connectivity index (χ0v) is 13.1. The van der Waals surface area contributed by atoms with Crippen molar-refractivity contribution < 1.29 is 4.52 Å². The zero-order chi connectivity index (χ0) is 14.8. The minimum Gasteiger partial charge on any atom is -0.337 e. The first kappa shape index (κ1) is 13.9. The third kappa shape index (κ3) is 3.15. The molecule has 0 atom stereocenters. The van der Waals surface area contributed by atoms with Gasteiger partial charge in [0.25, 0.3) is 0 Å². The number of hydrogen-bond acceptors (Lipinski definition) is 6. The van der Waals surface area contributed by atoms with Gasteiger partial charge < -0.3 is 4.52 Å². The molecule has 3 rings (SSSR count). The second-order valence-corrected chi connectivity index (χ2v) is 5.77. The van der Waals surface area contributed by atoms with Gasteiger partial charge in [-0.2, -0.15) is 9.78 Å². The normalized spacial score (nSPS) is 11.2. The molecule has 0 aliphatic rings. The lowest BCUT2D eigenvalue weighted by Gasteiger charge is -1.94. The summed E-state index contributed by atoms with van der Waals surface area (Å²) in [5, 5.41) is 16.2. The summed E-state index contributed by atoms with van der Waals surface area (Å²) >= 11 is 3.39. The number of halogens is 1. The Hall–Kier alpha value is -2.09. The van der Waals surface area contributed by atoms with Gasteiger partial charge in [-0.3, -0.25) is 0 Å². The maximum atomic E-state index is 5.16. The Morgan fingerprint density at radius 3 is 2.67 bits per heavy atom. The monoisotopic (exact) mass is 348 g/mol. The lowest BCUT2D eigenvalue weighted by molar-refractivity contribution is 0.351. The zero-order valence-electron chi connectivity index (χ0n) is 11.6. The number of rotatable bonds is 4. The molecular formula is C13H13BrN6O. The Labute approximate surface area is 129 Å². The van der Waals surface area contributed by atoms with E-state index in [0.717, 1.165) is 10.0 Å². The van der Waals surface area contributed by atoms with Crippen LogP contribution in [0.1, 0.15) is 31.5 Å². The van der Waals surface area contributed by atoms with Crippen LogP contribution in [0.25, 0.3) is 11.4 Å². The Balaban J connectivity index is 1.76. The maximum Gasteiger partial charge on any atom is 0.250 e. The van der Waals surface area contributed by atoms with Crippen molar-refractivity contribution in [3.8, 4) is 11.4 Å². The summed E-state index contributed by atoms with van der Waals surface area (Å²) in [4.78, 5) is 5.73. The molecule has 0 unspecified atom stereocenters. The molecule has 0 saturated carbocycles. The van der Waals surface area contributed by atoms with E-state index in [9.17, 15) is 0 Å². The summed E-state index contributed by atoms with van der Waals surface area (Å²) in [5.41, 5.74) is 0.901. The van der Waals surface area contributed by atoms with E-state index in [1.807, 2.05) is 38.1 Å². The van der Waals surface area contributed by atoms with Crippen LogP contribution in [-0.4, -0.2) is 30.3 Å². The molecule has 0 fully saturated rings. The van der Waals surface area contributed by atoms with Crippen LogP contribution < -0.4 is 0 Å². The molecule has 0 aliphatic carbocycles. The van der Waals surface area contributed by atoms with E-state index in [-0.39, 0.29) is 5.92 Å². The predicted octanol–water partition coefficient (Wildman–Crippen LogP) is 2.66. The number of aromatic nitrogens is 6. The average molecular weight is 349 g/mol. The minimum atomic E-state index is 0.226. The van der Waals surface area contributed by atoms with Gasteiger partial charge in [-0.1, -0.05) is 34.9 Å². The highest BCUT2D eigenvalue weighted by Crippen LogP contribution is 2.17. The summed E-state index contributed by atoms with van der Waals surface area (Å²) in [6, 6.07) is 7.72. The molecule has 0 N–H and O–H groups in total. The highest BCUT2D eigenvalue weighted by atomic mass is 79.9. The fraction of sp³-hybridized carbons (Fsp3) is 0.308. The molecule has 21 heavy (non-hydrogen) atoms. The van der Waals surface area contributed by atoms with E-state index in [0.29, 0.717) is 24.1 Å². The molecule has 8 heteroatoms. The minimum absolute atomic E-state index is 0.226. The van der Waals surface area contributed by atoms with Crippen molar-refractivity contribution in [2.45, 2.75) is 26.3 Å². The van der Waals surface area contributed by atoms with Gasteiger partial charge in [0.05, 0.1) is 0 Å². The quantitative estimate of drug-likeness (QED) is 0.720. The van der Waals surface area contributed by atoms with E-state index in [1.54, 1.807) is 0 Å². The number of tetrazole rings is 1. The maximum absolute atomic E-state index is 5.16. The third-order valence-corrected chi connectivity index (χ3v) is 3.36. The smallest absolute Gasteiger partial charge is 0.250 e. The first-order valence-electron chi connectivity index (χ1n) is 6.48. The summed E-state index contributed by atoms with van der Waals surface area (Å²) in [6.07, 6.45) is 0. The van der Waals surface area contributed by atoms with E-state index < -0.39 is 0 Å². The Bertz CT molecular complexity index is 733. The van der Waals surface area contributed by atoms with Crippen LogP contribution in [-0.2, 0) is 6.54 Å². The van der Waals surface area contributed by atoms with Crippen molar-refractivity contribution >= 4 is 15.9 Å². The summed E-state index contributed by atoms with van der Waals surface area (Å²) in [7, 11) is 0. The molecule has 0 aliphatic heterocycles. The van der Waals surface area contributed by atoms with E-state index in [2.05, 4.69) is 41.5 Å². The first-order valence-corrected chi connectivity index (χ1v) is 7.27. The van der Waals surface area contributed by atoms with Gasteiger partial charge in [0.15, 0.2) is 5.82 Å². The van der Waals surface area contributed by atoms with Gasteiger partial charge in [-0.15, -0.1) is 10.2 Å². The standard InChI is InChI=1S/C13H13BrN6O/c1-8(2)12-15-11(21-18-12)7-20-17-13(16-19-20)9-3-5-10(14)6-4-9/h3-6,8H,7H2,1-2H3. The van der Waals surface area contributed by atoms with Gasteiger partial charge in [-0.05, 0) is 29.5 Å². The molecule has 2 aromatic heterocycles. The van der Waals surface area contributed by atoms with Crippen molar-refractivity contribution in [1.82, 2.24) is 30.3 Å². The molecule has 108 valence electrons. The van der Waals surface area contributed by atoms with Crippen molar-refractivity contribution in [1.29, 1.82) is 0 Å². The lowest BCUT2D eigenvalue weighted by atomic mass is 10.2. The Morgan fingerprint density at radius 1 is 1.24 bits per heavy atom. The van der Waals surface area contributed by atoms with Crippen molar-refractivity contribution in [2.75, 3.05) is 0 Å². The number of hydrogen-bond donors (Lipinski definition) is 0. The van der Waals surface area contributed by atoms with Gasteiger partial charge in [0.2, 0.25) is 11.7 Å². The highest BCUT2D eigenvalue weighted by Gasteiger charge is 2.12. The summed E-state index contributed by atoms with van der Waals surface area (Å²) in [5.74, 6) is 1.94. The SMILES string of the molecule is CC(C)c1noc(Cn2nnc(-c3ccc(Br)cc3)n2)n1. The van der Waals surface area contributed by atoms with E-state index in [1.165, 1.54) is 4.80 Å². The van der Waals surface area contributed by atoms with Gasteiger partial charge in [0.1, 0.15) is 6.54 Å². The van der Waals surface area contributed by atoms with Crippen LogP contribution in [0.2, 0.25) is 0 Å². The van der Waals surface area contributed by atoms with Crippen molar-refractivity contribution in [2.24, 2.45) is 0 Å². The summed E-state index contributed by atoms with van der Waals surface area (Å²) < 4.78 is 6.17. The van der Waals surface area contributed by atoms with Crippen LogP contribution in [0.3, 0.4) is 0 Å². The molecule has 0 saturated heterocycles.